The molecule has 0 atom stereocenters. The molecule has 4 nitrogen and oxygen atoms in total. The maximum absolute atomic E-state index is 5.64. The van der Waals surface area contributed by atoms with Crippen LogP contribution in [-0.4, -0.2) is 29.5 Å². The van der Waals surface area contributed by atoms with Crippen LogP contribution in [0.4, 0.5) is 0 Å². The Balaban J connectivity index is 1.56. The second kappa shape index (κ2) is 6.87. The third-order valence-electron chi connectivity index (χ3n) is 4.24. The molecule has 1 fully saturated rings. The fraction of sp³-hybridized carbons (Fsp3) is 0.471. The highest BCUT2D eigenvalue weighted by molar-refractivity contribution is 5.52. The van der Waals surface area contributed by atoms with E-state index in [9.17, 15) is 0 Å². The molecule has 2 N–H and O–H groups in total. The Morgan fingerprint density at radius 1 is 1.19 bits per heavy atom. The number of benzene rings is 1. The van der Waals surface area contributed by atoms with Gasteiger partial charge >= 0.3 is 0 Å². The minimum atomic E-state index is 0.712. The first kappa shape index (κ1) is 14.3. The van der Waals surface area contributed by atoms with Gasteiger partial charge in [0.15, 0.2) is 0 Å². The molecule has 0 aliphatic carbocycles. The summed E-state index contributed by atoms with van der Waals surface area (Å²) < 4.78 is 5.60. The predicted molar refractivity (Wildman–Crippen MR) is 83.6 cm³/mol. The van der Waals surface area contributed by atoms with E-state index in [0.29, 0.717) is 5.89 Å². The first-order chi connectivity index (χ1) is 10.3. The van der Waals surface area contributed by atoms with Gasteiger partial charge in [-0.25, -0.2) is 4.98 Å². The molecule has 0 saturated carbocycles. The van der Waals surface area contributed by atoms with Crippen LogP contribution < -0.4 is 5.73 Å². The molecule has 0 bridgehead atoms. The van der Waals surface area contributed by atoms with E-state index in [2.05, 4.69) is 9.88 Å². The van der Waals surface area contributed by atoms with Gasteiger partial charge in [-0.1, -0.05) is 18.2 Å². The van der Waals surface area contributed by atoms with Crippen molar-refractivity contribution >= 4 is 0 Å². The first-order valence-corrected chi connectivity index (χ1v) is 7.77. The summed E-state index contributed by atoms with van der Waals surface area (Å²) >= 11 is 0. The first-order valence-electron chi connectivity index (χ1n) is 7.77. The predicted octanol–water partition coefficient (Wildman–Crippen LogP) is 2.90. The van der Waals surface area contributed by atoms with E-state index in [-0.39, 0.29) is 0 Å². The largest absolute Gasteiger partial charge is 0.444 e. The van der Waals surface area contributed by atoms with Crippen molar-refractivity contribution in [2.75, 3.05) is 19.6 Å². The summed E-state index contributed by atoms with van der Waals surface area (Å²) in [6.45, 7) is 3.97. The number of hydrogen-bond acceptors (Lipinski definition) is 4. The molecular weight excluding hydrogens is 262 g/mol. The Morgan fingerprint density at radius 3 is 2.67 bits per heavy atom. The molecule has 2 aromatic rings. The summed E-state index contributed by atoms with van der Waals surface area (Å²) in [6.07, 6.45) is 5.45. The Morgan fingerprint density at radius 2 is 1.95 bits per heavy atom. The lowest BCUT2D eigenvalue weighted by Crippen LogP contribution is -2.33. The molecule has 4 heteroatoms. The molecule has 2 heterocycles. The van der Waals surface area contributed by atoms with E-state index in [1.165, 1.54) is 12.8 Å². The minimum absolute atomic E-state index is 0.712. The van der Waals surface area contributed by atoms with Gasteiger partial charge in [0.1, 0.15) is 6.26 Å². The third kappa shape index (κ3) is 3.71. The Kier molecular flexibility index (Phi) is 4.68. The van der Waals surface area contributed by atoms with Crippen molar-refractivity contribution in [2.24, 2.45) is 11.7 Å². The van der Waals surface area contributed by atoms with Crippen molar-refractivity contribution in [1.29, 1.82) is 0 Å². The number of likely N-dealkylation sites (tertiary alicyclic amines) is 1. The van der Waals surface area contributed by atoms with Crippen LogP contribution in [0.3, 0.4) is 0 Å². The number of hydrogen-bond donors (Lipinski definition) is 1. The number of oxazole rings is 1. The van der Waals surface area contributed by atoms with Gasteiger partial charge in [-0.05, 0) is 56.9 Å². The van der Waals surface area contributed by atoms with Crippen LogP contribution in [-0.2, 0) is 6.54 Å². The average Bonchev–Trinajstić information content (AvgIpc) is 2.99. The molecule has 1 aliphatic heterocycles. The normalized spacial score (nSPS) is 17.2. The van der Waals surface area contributed by atoms with Crippen LogP contribution in [0.15, 0.2) is 41.0 Å². The Bertz CT molecular complexity index is 544. The lowest BCUT2D eigenvalue weighted by molar-refractivity contribution is 0.172. The fourth-order valence-corrected chi connectivity index (χ4v) is 2.99. The van der Waals surface area contributed by atoms with Crippen LogP contribution in [0.2, 0.25) is 0 Å². The summed E-state index contributed by atoms with van der Waals surface area (Å²) in [5, 5.41) is 0. The highest BCUT2D eigenvalue weighted by Crippen LogP contribution is 2.22. The smallest absolute Gasteiger partial charge is 0.226 e. The van der Waals surface area contributed by atoms with Crippen molar-refractivity contribution in [3.8, 4) is 11.5 Å². The number of rotatable bonds is 5. The summed E-state index contributed by atoms with van der Waals surface area (Å²) in [5.74, 6) is 1.52. The number of aromatic nitrogens is 1. The van der Waals surface area contributed by atoms with Crippen molar-refractivity contribution in [1.82, 2.24) is 9.88 Å². The molecule has 0 spiro atoms. The van der Waals surface area contributed by atoms with Crippen LogP contribution in [0.1, 0.15) is 25.0 Å². The molecule has 1 saturated heterocycles. The van der Waals surface area contributed by atoms with Gasteiger partial charge in [-0.2, -0.15) is 0 Å². The lowest BCUT2D eigenvalue weighted by Gasteiger charge is -2.31. The van der Waals surface area contributed by atoms with Crippen LogP contribution >= 0.6 is 0 Å². The summed E-state index contributed by atoms with van der Waals surface area (Å²) in [7, 11) is 0. The van der Waals surface area contributed by atoms with E-state index >= 15 is 0 Å². The van der Waals surface area contributed by atoms with Gasteiger partial charge in [-0.15, -0.1) is 0 Å². The summed E-state index contributed by atoms with van der Waals surface area (Å²) in [4.78, 5) is 7.06. The standard InChI is InChI=1S/C17H23N3O/c18-9-6-14-7-10-20(11-8-14)12-16-13-21-17(19-16)15-4-2-1-3-5-15/h1-5,13-14H,6-12,18H2. The Hall–Kier alpha value is -1.65. The molecule has 1 aromatic carbocycles. The molecule has 0 radical (unpaired) electrons. The van der Waals surface area contributed by atoms with Gasteiger partial charge in [0, 0.05) is 12.1 Å². The van der Waals surface area contributed by atoms with Crippen LogP contribution in [0, 0.1) is 5.92 Å². The summed E-state index contributed by atoms with van der Waals surface area (Å²) in [5.41, 5.74) is 7.69. The molecule has 0 amide bonds. The number of piperidine rings is 1. The van der Waals surface area contributed by atoms with E-state index in [1.807, 2.05) is 30.3 Å². The highest BCUT2D eigenvalue weighted by Gasteiger charge is 2.19. The molecule has 21 heavy (non-hydrogen) atoms. The van der Waals surface area contributed by atoms with E-state index in [4.69, 9.17) is 10.2 Å². The fourth-order valence-electron chi connectivity index (χ4n) is 2.99. The van der Waals surface area contributed by atoms with Gasteiger partial charge in [0.2, 0.25) is 5.89 Å². The quantitative estimate of drug-likeness (QED) is 0.917. The lowest BCUT2D eigenvalue weighted by atomic mass is 9.93. The zero-order chi connectivity index (χ0) is 14.5. The van der Waals surface area contributed by atoms with Crippen molar-refractivity contribution in [3.05, 3.63) is 42.3 Å². The van der Waals surface area contributed by atoms with E-state index in [1.54, 1.807) is 6.26 Å². The number of nitrogens with zero attached hydrogens (tertiary/aromatic N) is 2. The second-order valence-corrected chi connectivity index (χ2v) is 5.81. The SMILES string of the molecule is NCCC1CCN(Cc2coc(-c3ccccc3)n2)CC1. The Labute approximate surface area is 126 Å². The van der Waals surface area contributed by atoms with Gasteiger partial charge in [0.25, 0.3) is 0 Å². The molecule has 1 aliphatic rings. The third-order valence-corrected chi connectivity index (χ3v) is 4.24. The van der Waals surface area contributed by atoms with Crippen LogP contribution in [0.25, 0.3) is 11.5 Å². The minimum Gasteiger partial charge on any atom is -0.444 e. The maximum atomic E-state index is 5.64. The van der Waals surface area contributed by atoms with Crippen molar-refractivity contribution in [2.45, 2.75) is 25.8 Å². The molecule has 0 unspecified atom stereocenters. The van der Waals surface area contributed by atoms with Crippen molar-refractivity contribution < 1.29 is 4.42 Å². The monoisotopic (exact) mass is 285 g/mol. The topological polar surface area (TPSA) is 55.3 Å². The van der Waals surface area contributed by atoms with E-state index < -0.39 is 0 Å². The zero-order valence-electron chi connectivity index (χ0n) is 12.4. The summed E-state index contributed by atoms with van der Waals surface area (Å²) in [6, 6.07) is 10.0. The highest BCUT2D eigenvalue weighted by atomic mass is 16.3. The molecular formula is C17H23N3O. The zero-order valence-corrected chi connectivity index (χ0v) is 12.4. The van der Waals surface area contributed by atoms with Gasteiger partial charge < -0.3 is 10.2 Å². The van der Waals surface area contributed by atoms with Crippen LogP contribution in [0.5, 0.6) is 0 Å². The molecule has 112 valence electrons. The van der Waals surface area contributed by atoms with Crippen molar-refractivity contribution in [3.63, 3.8) is 0 Å². The average molecular weight is 285 g/mol. The maximum Gasteiger partial charge on any atom is 0.226 e. The van der Waals surface area contributed by atoms with Gasteiger partial charge in [-0.3, -0.25) is 4.90 Å². The molecule has 3 rings (SSSR count). The van der Waals surface area contributed by atoms with E-state index in [0.717, 1.165) is 49.8 Å². The van der Waals surface area contributed by atoms with Gasteiger partial charge in [0.05, 0.1) is 5.69 Å². The second-order valence-electron chi connectivity index (χ2n) is 5.81. The number of nitrogens with two attached hydrogens (primary N) is 1. The molecule has 1 aromatic heterocycles.